The quantitative estimate of drug-likeness (QED) is 0.507. The van der Waals surface area contributed by atoms with Crippen LogP contribution in [0.4, 0.5) is 5.69 Å². The number of fused-ring (bicyclic) bond motifs is 1. The third kappa shape index (κ3) is 4.63. The van der Waals surface area contributed by atoms with Crippen LogP contribution >= 0.6 is 0 Å². The van der Waals surface area contributed by atoms with Crippen LogP contribution in [0.15, 0.2) is 66.3 Å². The zero-order valence-corrected chi connectivity index (χ0v) is 17.9. The lowest BCUT2D eigenvalue weighted by Crippen LogP contribution is -2.28. The van der Waals surface area contributed by atoms with Crippen molar-refractivity contribution in [2.45, 2.75) is 25.6 Å². The van der Waals surface area contributed by atoms with Crippen molar-refractivity contribution in [3.63, 3.8) is 0 Å². The zero-order chi connectivity index (χ0) is 21.7. The lowest BCUT2D eigenvalue weighted by Gasteiger charge is -2.31. The molecular formula is C25H28N2O3. The Morgan fingerprint density at radius 1 is 1.20 bits per heavy atom. The van der Waals surface area contributed by atoms with Crippen LogP contribution in [0, 0.1) is 0 Å². The van der Waals surface area contributed by atoms with Gasteiger partial charge in [-0.3, -0.25) is 4.99 Å². The van der Waals surface area contributed by atoms with Crippen LogP contribution in [0.2, 0.25) is 0 Å². The van der Waals surface area contributed by atoms with Gasteiger partial charge < -0.3 is 19.5 Å². The predicted octanol–water partition coefficient (Wildman–Crippen LogP) is 5.23. The summed E-state index contributed by atoms with van der Waals surface area (Å²) in [4.78, 5) is 5.85. The first-order chi connectivity index (χ1) is 14.4. The maximum atomic E-state index is 10.9. The van der Waals surface area contributed by atoms with Crippen LogP contribution in [-0.2, 0) is 0 Å². The summed E-state index contributed by atoms with van der Waals surface area (Å²) >= 11 is 0. The van der Waals surface area contributed by atoms with E-state index in [1.165, 1.54) is 0 Å². The van der Waals surface area contributed by atoms with Gasteiger partial charge in [0.2, 0.25) is 0 Å². The van der Waals surface area contributed by atoms with Gasteiger partial charge in [-0.1, -0.05) is 30.9 Å². The summed E-state index contributed by atoms with van der Waals surface area (Å²) in [5.41, 5.74) is 3.02. The number of aliphatic hydroxyl groups excluding tert-OH is 1. The highest BCUT2D eigenvalue weighted by Gasteiger charge is 2.27. The molecule has 1 aliphatic rings. The van der Waals surface area contributed by atoms with Crippen LogP contribution in [-0.4, -0.2) is 31.2 Å². The maximum Gasteiger partial charge on any atom is 0.137 e. The molecule has 1 unspecified atom stereocenters. The van der Waals surface area contributed by atoms with E-state index in [1.807, 2.05) is 73.4 Å². The van der Waals surface area contributed by atoms with Crippen molar-refractivity contribution in [2.24, 2.45) is 4.99 Å². The standard InChI is InChI=1S/C25H28N2O3/c1-6-27(17-26-4)19-10-7-18(8-11-19)9-13-22(28)20-12-14-23(29-5)21-15-16-25(2,3)30-24(20)21/h6-17,22,28H,1H2,2-5H3. The summed E-state index contributed by atoms with van der Waals surface area (Å²) in [5.74, 6) is 1.37. The minimum Gasteiger partial charge on any atom is -0.496 e. The summed E-state index contributed by atoms with van der Waals surface area (Å²) in [5, 5.41) is 10.9. The van der Waals surface area contributed by atoms with Crippen molar-refractivity contribution in [2.75, 3.05) is 19.1 Å². The Hall–Kier alpha value is -3.31. The van der Waals surface area contributed by atoms with Gasteiger partial charge in [-0.25, -0.2) is 0 Å². The fraction of sp³-hybridized carbons (Fsp3) is 0.240. The largest absolute Gasteiger partial charge is 0.496 e. The first-order valence-electron chi connectivity index (χ1n) is 9.77. The van der Waals surface area contributed by atoms with Gasteiger partial charge in [0.15, 0.2) is 0 Å². The van der Waals surface area contributed by atoms with Gasteiger partial charge in [-0.05, 0) is 55.8 Å². The maximum absolute atomic E-state index is 10.9. The van der Waals surface area contributed by atoms with Crippen LogP contribution in [0.5, 0.6) is 11.5 Å². The Bertz CT molecular complexity index is 988. The lowest BCUT2D eigenvalue weighted by atomic mass is 9.96. The van der Waals surface area contributed by atoms with Crippen molar-refractivity contribution >= 4 is 24.2 Å². The summed E-state index contributed by atoms with van der Waals surface area (Å²) in [7, 11) is 3.34. The molecule has 0 saturated heterocycles. The Morgan fingerprint density at radius 2 is 1.93 bits per heavy atom. The summed E-state index contributed by atoms with van der Waals surface area (Å²) in [6, 6.07) is 11.6. The molecule has 0 saturated carbocycles. The average Bonchev–Trinajstić information content (AvgIpc) is 2.74. The van der Waals surface area contributed by atoms with Gasteiger partial charge in [0.25, 0.3) is 0 Å². The molecule has 0 spiro atoms. The van der Waals surface area contributed by atoms with E-state index in [0.717, 1.165) is 22.6 Å². The molecule has 1 atom stereocenters. The molecule has 2 aromatic carbocycles. The number of hydrogen-bond acceptors (Lipinski definition) is 4. The highest BCUT2D eigenvalue weighted by Crippen LogP contribution is 2.42. The molecule has 2 aromatic rings. The summed E-state index contributed by atoms with van der Waals surface area (Å²) in [6.45, 7) is 7.75. The minimum atomic E-state index is -0.816. The number of anilines is 1. The van der Waals surface area contributed by atoms with Gasteiger partial charge in [0.1, 0.15) is 23.2 Å². The first-order valence-corrected chi connectivity index (χ1v) is 9.77. The van der Waals surface area contributed by atoms with E-state index < -0.39 is 11.7 Å². The monoisotopic (exact) mass is 404 g/mol. The summed E-state index contributed by atoms with van der Waals surface area (Å²) in [6.07, 6.45) is 10.2. The van der Waals surface area contributed by atoms with Gasteiger partial charge in [-0.15, -0.1) is 0 Å². The lowest BCUT2D eigenvalue weighted by molar-refractivity contribution is 0.147. The van der Waals surface area contributed by atoms with Crippen molar-refractivity contribution in [1.82, 2.24) is 0 Å². The molecule has 0 bridgehead atoms. The van der Waals surface area contributed by atoms with Crippen molar-refractivity contribution in [3.05, 3.63) is 78.0 Å². The topological polar surface area (TPSA) is 54.3 Å². The number of ether oxygens (including phenoxy) is 2. The number of methoxy groups -OCH3 is 1. The smallest absolute Gasteiger partial charge is 0.137 e. The van der Waals surface area contributed by atoms with E-state index in [0.29, 0.717) is 11.3 Å². The van der Waals surface area contributed by atoms with Crippen LogP contribution in [0.1, 0.15) is 36.6 Å². The molecule has 156 valence electrons. The molecule has 30 heavy (non-hydrogen) atoms. The minimum absolute atomic E-state index is 0.452. The van der Waals surface area contributed by atoms with E-state index in [2.05, 4.69) is 11.6 Å². The number of aliphatic imine (C=N–C) groups is 1. The van der Waals surface area contributed by atoms with Crippen molar-refractivity contribution in [1.29, 1.82) is 0 Å². The average molecular weight is 405 g/mol. The molecule has 1 N–H and O–H groups in total. The van der Waals surface area contributed by atoms with Gasteiger partial charge in [0, 0.05) is 24.5 Å². The Balaban J connectivity index is 1.84. The van der Waals surface area contributed by atoms with Crippen LogP contribution in [0.3, 0.4) is 0 Å². The number of benzene rings is 2. The second-order valence-corrected chi connectivity index (χ2v) is 7.50. The Morgan fingerprint density at radius 3 is 2.57 bits per heavy atom. The highest BCUT2D eigenvalue weighted by molar-refractivity contribution is 5.81. The number of rotatable bonds is 7. The number of hydrogen-bond donors (Lipinski definition) is 1. The molecule has 0 aromatic heterocycles. The molecule has 5 nitrogen and oxygen atoms in total. The first kappa shape index (κ1) is 21.4. The molecule has 3 rings (SSSR count). The molecule has 0 amide bonds. The second-order valence-electron chi connectivity index (χ2n) is 7.50. The Kier molecular flexibility index (Phi) is 6.43. The summed E-state index contributed by atoms with van der Waals surface area (Å²) < 4.78 is 11.6. The molecule has 0 fully saturated rings. The molecular weight excluding hydrogens is 376 g/mol. The van der Waals surface area contributed by atoms with E-state index in [1.54, 1.807) is 32.8 Å². The molecule has 0 radical (unpaired) electrons. The van der Waals surface area contributed by atoms with E-state index in [4.69, 9.17) is 9.47 Å². The normalized spacial score (nSPS) is 15.6. The van der Waals surface area contributed by atoms with Crippen LogP contribution < -0.4 is 14.4 Å². The third-order valence-electron chi connectivity index (χ3n) is 4.84. The van der Waals surface area contributed by atoms with E-state index in [-0.39, 0.29) is 0 Å². The fourth-order valence-electron chi connectivity index (χ4n) is 3.27. The third-order valence-corrected chi connectivity index (χ3v) is 4.84. The van der Waals surface area contributed by atoms with Gasteiger partial charge in [0.05, 0.1) is 19.0 Å². The molecule has 0 aliphatic carbocycles. The molecule has 1 heterocycles. The van der Waals surface area contributed by atoms with Crippen LogP contribution in [0.25, 0.3) is 12.2 Å². The highest BCUT2D eigenvalue weighted by atomic mass is 16.5. The van der Waals surface area contributed by atoms with E-state index in [9.17, 15) is 5.11 Å². The van der Waals surface area contributed by atoms with Gasteiger partial charge >= 0.3 is 0 Å². The van der Waals surface area contributed by atoms with Gasteiger partial charge in [-0.2, -0.15) is 0 Å². The number of aliphatic hydroxyl groups is 1. The van der Waals surface area contributed by atoms with Crippen molar-refractivity contribution < 1.29 is 14.6 Å². The number of nitrogens with zero attached hydrogens (tertiary/aromatic N) is 2. The SMILES string of the molecule is C=CN(C=NC)c1ccc(C=CC(O)c2ccc(OC)c3c2OC(C)(C)C=C3)cc1. The van der Waals surface area contributed by atoms with E-state index >= 15 is 0 Å². The molecule has 1 aliphatic heterocycles. The Labute approximate surface area is 178 Å². The zero-order valence-electron chi connectivity index (χ0n) is 17.9. The predicted molar refractivity (Wildman–Crippen MR) is 124 cm³/mol. The van der Waals surface area contributed by atoms with Crippen molar-refractivity contribution in [3.8, 4) is 11.5 Å². The second kappa shape index (κ2) is 9.01. The fourth-order valence-corrected chi connectivity index (χ4v) is 3.27. The molecule has 5 heteroatoms.